The molecule has 0 bridgehead atoms. The molecule has 0 aromatic heterocycles. The van der Waals surface area contributed by atoms with Crippen LogP contribution in [0.15, 0.2) is 18.2 Å². The van der Waals surface area contributed by atoms with Gasteiger partial charge in [0.05, 0.1) is 5.94 Å². The molecule has 0 unspecified atom stereocenters. The van der Waals surface area contributed by atoms with E-state index in [1.165, 1.54) is 0 Å². The van der Waals surface area contributed by atoms with Crippen molar-refractivity contribution < 1.29 is 23.3 Å². The Hall–Kier alpha value is -1.63. The number of amides is 1. The van der Waals surface area contributed by atoms with Crippen LogP contribution in [0.4, 0.5) is 8.78 Å². The molecule has 1 aromatic rings. The Morgan fingerprint density at radius 3 is 2.91 bits per heavy atom. The number of para-hydroxylation sites is 1. The maximum absolute atomic E-state index is 12.8. The summed E-state index contributed by atoms with van der Waals surface area (Å²) in [7, 11) is -1.17. The van der Waals surface area contributed by atoms with Crippen LogP contribution >= 0.6 is 0 Å². The lowest BCUT2D eigenvalue weighted by Gasteiger charge is -2.29. The molecule has 0 radical (unpaired) electrons. The number of benzene rings is 1. The largest absolute Gasteiger partial charge is 0.547 e. The van der Waals surface area contributed by atoms with E-state index in [1.54, 1.807) is 0 Å². The van der Waals surface area contributed by atoms with E-state index in [2.05, 4.69) is 5.32 Å². The van der Waals surface area contributed by atoms with Gasteiger partial charge in [0.1, 0.15) is 5.75 Å². The average Bonchev–Trinajstić information content (AvgIpc) is 2.44. The predicted octanol–water partition coefficient (Wildman–Crippen LogP) is 2.12. The fourth-order valence-electron chi connectivity index (χ4n) is 2.50. The Morgan fingerprint density at radius 2 is 2.27 bits per heavy atom. The van der Waals surface area contributed by atoms with E-state index in [1.807, 2.05) is 25.1 Å². The lowest BCUT2D eigenvalue weighted by Crippen LogP contribution is -2.53. The molecule has 0 fully saturated rings. The molecule has 1 aliphatic heterocycles. The zero-order chi connectivity index (χ0) is 16.3. The van der Waals surface area contributed by atoms with Crippen LogP contribution in [0.5, 0.6) is 5.75 Å². The van der Waals surface area contributed by atoms with Crippen molar-refractivity contribution in [3.63, 3.8) is 0 Å². The average molecular weight is 311 g/mol. The second-order valence-corrected chi connectivity index (χ2v) is 5.72. The van der Waals surface area contributed by atoms with Crippen molar-refractivity contribution in [3.8, 4) is 5.75 Å². The summed E-state index contributed by atoms with van der Waals surface area (Å²) in [6.07, 6.45) is 0.394. The number of carbonyl (C=O) groups excluding carboxylic acids is 1. The Morgan fingerprint density at radius 1 is 1.55 bits per heavy atom. The van der Waals surface area contributed by atoms with Crippen LogP contribution in [0.25, 0.3) is 0 Å². The highest BCUT2D eigenvalue weighted by Gasteiger charge is 2.36. The van der Waals surface area contributed by atoms with Gasteiger partial charge in [0.25, 0.3) is 0 Å². The minimum Gasteiger partial charge on any atom is -0.534 e. The Kier molecular flexibility index (Phi) is 5.06. The number of alkyl halides is 2. The van der Waals surface area contributed by atoms with E-state index in [-0.39, 0.29) is 6.42 Å². The van der Waals surface area contributed by atoms with Gasteiger partial charge in [-0.15, -0.1) is 0 Å². The summed E-state index contributed by atoms with van der Waals surface area (Å²) in [5.41, 5.74) is 1.89. The molecule has 4 nitrogen and oxygen atoms in total. The van der Waals surface area contributed by atoms with Gasteiger partial charge in [-0.1, -0.05) is 25.1 Å². The van der Waals surface area contributed by atoms with Gasteiger partial charge < -0.3 is 15.0 Å². The number of carbonyl (C=O) groups is 1. The molecule has 1 atom stereocenters. The van der Waals surface area contributed by atoms with E-state index in [4.69, 9.17) is 4.65 Å². The maximum atomic E-state index is 12.8. The number of hydrogen-bond acceptors (Lipinski definition) is 3. The van der Waals surface area contributed by atoms with Crippen molar-refractivity contribution in [2.24, 2.45) is 0 Å². The molecule has 2 N–H and O–H groups in total. The number of aryl methyl sites for hydroxylation is 1. The van der Waals surface area contributed by atoms with Crippen LogP contribution in [-0.2, 0) is 17.6 Å². The van der Waals surface area contributed by atoms with Crippen LogP contribution in [0.2, 0.25) is 0 Å². The van der Waals surface area contributed by atoms with E-state index in [0.717, 1.165) is 24.5 Å². The van der Waals surface area contributed by atoms with E-state index >= 15 is 0 Å². The first-order chi connectivity index (χ1) is 10.3. The number of hydrogen-bond donors (Lipinski definition) is 2. The summed E-state index contributed by atoms with van der Waals surface area (Å²) in [6, 6.07) is 5.70. The minimum atomic E-state index is -2.87. The molecule has 1 amide bonds. The molecule has 1 aliphatic rings. The minimum absolute atomic E-state index is 0.283. The highest BCUT2D eigenvalue weighted by atomic mass is 19.3. The summed E-state index contributed by atoms with van der Waals surface area (Å²) in [4.78, 5) is 11.7. The molecule has 7 heteroatoms. The van der Waals surface area contributed by atoms with Gasteiger partial charge >= 0.3 is 7.12 Å². The van der Waals surface area contributed by atoms with Gasteiger partial charge in [0.15, 0.2) is 0 Å². The van der Waals surface area contributed by atoms with Crippen LogP contribution in [0.1, 0.15) is 37.8 Å². The number of fused-ring (bicyclic) bond motifs is 1. The van der Waals surface area contributed by atoms with E-state index < -0.39 is 31.3 Å². The van der Waals surface area contributed by atoms with Crippen molar-refractivity contribution in [1.29, 1.82) is 0 Å². The first-order valence-electron chi connectivity index (χ1n) is 7.43. The molecule has 0 aliphatic carbocycles. The van der Waals surface area contributed by atoms with Crippen LogP contribution in [0, 0.1) is 0 Å². The number of nitrogens with one attached hydrogen (secondary N) is 1. The van der Waals surface area contributed by atoms with Crippen LogP contribution in [0.3, 0.4) is 0 Å². The van der Waals surface area contributed by atoms with Gasteiger partial charge in [-0.25, -0.2) is 8.78 Å². The van der Waals surface area contributed by atoms with Crippen molar-refractivity contribution >= 4 is 13.0 Å². The second kappa shape index (κ2) is 6.65. The fraction of sp³-hybridized carbons (Fsp3) is 0.533. The summed E-state index contributed by atoms with van der Waals surface area (Å²) in [6.45, 7) is 2.77. The predicted molar refractivity (Wildman–Crippen MR) is 79.9 cm³/mol. The molecule has 1 aromatic carbocycles. The first-order valence-corrected chi connectivity index (χ1v) is 7.43. The van der Waals surface area contributed by atoms with Crippen molar-refractivity contribution in [1.82, 2.24) is 5.32 Å². The number of halogens is 2. The molecule has 0 saturated heterocycles. The first kappa shape index (κ1) is 16.7. The highest BCUT2D eigenvalue weighted by Crippen LogP contribution is 2.30. The monoisotopic (exact) mass is 311 g/mol. The molecular weight excluding hydrogens is 291 g/mol. The summed E-state index contributed by atoms with van der Waals surface area (Å²) < 4.78 is 31.0. The van der Waals surface area contributed by atoms with Crippen molar-refractivity contribution in [2.45, 2.75) is 51.4 Å². The third kappa shape index (κ3) is 4.19. The molecule has 0 saturated carbocycles. The Labute approximate surface area is 129 Å². The zero-order valence-electron chi connectivity index (χ0n) is 12.7. The smallest absolute Gasteiger partial charge is 0.534 e. The standard InChI is InChI=1S/C15H20BF2NO3/c1-3-10-5-4-6-11-9-12(16(21)22-14(10)11)19-13(20)7-8-15(2,17)18/h4-6,12,21H,3,7-9H2,1-2H3,(H,19,20)/t12-/m0/s1. The van der Waals surface area contributed by atoms with Gasteiger partial charge in [-0.05, 0) is 30.9 Å². The lowest BCUT2D eigenvalue weighted by atomic mass is 9.72. The van der Waals surface area contributed by atoms with Crippen LogP contribution < -0.4 is 9.97 Å². The van der Waals surface area contributed by atoms with Gasteiger partial charge in [0.2, 0.25) is 11.8 Å². The Balaban J connectivity index is 2.00. The topological polar surface area (TPSA) is 58.6 Å². The maximum Gasteiger partial charge on any atom is 0.547 e. The zero-order valence-corrected chi connectivity index (χ0v) is 12.7. The Bertz CT molecular complexity index is 548. The lowest BCUT2D eigenvalue weighted by molar-refractivity contribution is -0.123. The summed E-state index contributed by atoms with van der Waals surface area (Å²) >= 11 is 0. The van der Waals surface area contributed by atoms with Gasteiger partial charge in [-0.2, -0.15) is 0 Å². The molecule has 22 heavy (non-hydrogen) atoms. The highest BCUT2D eigenvalue weighted by molar-refractivity contribution is 6.46. The third-order valence-electron chi connectivity index (χ3n) is 3.72. The SMILES string of the molecule is CCc1cccc2c1OB(O)[C@@H](NC(=O)CCC(C)(F)F)C2. The quantitative estimate of drug-likeness (QED) is 0.819. The molecule has 2 rings (SSSR count). The van der Waals surface area contributed by atoms with Gasteiger partial charge in [0, 0.05) is 12.8 Å². The number of rotatable bonds is 5. The molecule has 120 valence electrons. The van der Waals surface area contributed by atoms with Gasteiger partial charge in [-0.3, -0.25) is 4.79 Å². The van der Waals surface area contributed by atoms with Crippen molar-refractivity contribution in [3.05, 3.63) is 29.3 Å². The van der Waals surface area contributed by atoms with E-state index in [9.17, 15) is 18.6 Å². The molecular formula is C15H20BF2NO3. The fourth-order valence-corrected chi connectivity index (χ4v) is 2.50. The molecule has 1 heterocycles. The molecule has 0 spiro atoms. The third-order valence-corrected chi connectivity index (χ3v) is 3.72. The van der Waals surface area contributed by atoms with Crippen LogP contribution in [-0.4, -0.2) is 29.9 Å². The second-order valence-electron chi connectivity index (χ2n) is 5.72. The summed E-state index contributed by atoms with van der Waals surface area (Å²) in [5, 5.41) is 12.6. The summed E-state index contributed by atoms with van der Waals surface area (Å²) in [5.74, 6) is -3.35. The van der Waals surface area contributed by atoms with E-state index in [0.29, 0.717) is 12.2 Å². The van der Waals surface area contributed by atoms with Crippen molar-refractivity contribution in [2.75, 3.05) is 0 Å². The normalized spacial score (nSPS) is 17.7.